The minimum absolute atomic E-state index is 0.193. The monoisotopic (exact) mass is 327 g/mol. The van der Waals surface area contributed by atoms with Crippen molar-refractivity contribution in [1.82, 2.24) is 0 Å². The molecule has 0 atom stereocenters. The molecule has 124 valence electrons. The maximum absolute atomic E-state index is 10.6. The first kappa shape index (κ1) is 18.6. The van der Waals surface area contributed by atoms with E-state index in [1.54, 1.807) is 18.2 Å². The van der Waals surface area contributed by atoms with Gasteiger partial charge >= 0.3 is 5.97 Å². The zero-order valence-electron chi connectivity index (χ0n) is 13.3. The third kappa shape index (κ3) is 8.78. The number of nitrogen functional groups attached to an aromatic ring is 1. The van der Waals surface area contributed by atoms with Crippen molar-refractivity contribution in [2.24, 2.45) is 0 Å². The highest BCUT2D eigenvalue weighted by atomic mass is 35.5. The van der Waals surface area contributed by atoms with Gasteiger partial charge in [-0.1, -0.05) is 43.7 Å². The number of rotatable bonds is 11. The Morgan fingerprint density at radius 2 is 1.64 bits per heavy atom. The molecule has 0 bridgehead atoms. The molecule has 0 saturated carbocycles. The van der Waals surface area contributed by atoms with Crippen molar-refractivity contribution < 1.29 is 14.3 Å². The number of benzene rings is 1. The Morgan fingerprint density at radius 3 is 2.23 bits per heavy atom. The number of esters is 1. The van der Waals surface area contributed by atoms with Gasteiger partial charge < -0.3 is 15.2 Å². The molecule has 0 fully saturated rings. The van der Waals surface area contributed by atoms with Crippen LogP contribution in [0, 0.1) is 0 Å². The second-order valence-electron chi connectivity index (χ2n) is 5.35. The first-order chi connectivity index (χ1) is 10.6. The first-order valence-electron chi connectivity index (χ1n) is 7.91. The number of hydrogen-bond donors (Lipinski definition) is 1. The van der Waals surface area contributed by atoms with Crippen LogP contribution in [0.1, 0.15) is 51.9 Å². The summed E-state index contributed by atoms with van der Waals surface area (Å²) in [7, 11) is 0. The fraction of sp³-hybridized carbons (Fsp3) is 0.588. The summed E-state index contributed by atoms with van der Waals surface area (Å²) in [6.45, 7) is 2.67. The van der Waals surface area contributed by atoms with Gasteiger partial charge in [0.15, 0.2) is 0 Å². The summed E-state index contributed by atoms with van der Waals surface area (Å²) < 4.78 is 10.5. The molecule has 4 nitrogen and oxygen atoms in total. The standard InChI is InChI=1S/C17H26ClNO3/c1-14(20)21-11-7-5-3-2-4-6-8-12-22-17-10-9-15(18)13-16(17)19/h9-10,13H,2-8,11-12,19H2,1H3. The number of ether oxygens (including phenoxy) is 2. The number of carbonyl (C=O) groups excluding carboxylic acids is 1. The van der Waals surface area contributed by atoms with E-state index < -0.39 is 0 Å². The molecule has 0 aromatic heterocycles. The predicted molar refractivity (Wildman–Crippen MR) is 90.3 cm³/mol. The van der Waals surface area contributed by atoms with Crippen LogP contribution >= 0.6 is 11.6 Å². The summed E-state index contributed by atoms with van der Waals surface area (Å²) in [6.07, 6.45) is 7.85. The van der Waals surface area contributed by atoms with E-state index in [9.17, 15) is 4.79 Å². The maximum atomic E-state index is 10.6. The van der Waals surface area contributed by atoms with Crippen LogP contribution in [-0.2, 0) is 9.53 Å². The fourth-order valence-electron chi connectivity index (χ4n) is 2.14. The van der Waals surface area contributed by atoms with Gasteiger partial charge in [0, 0.05) is 11.9 Å². The third-order valence-corrected chi connectivity index (χ3v) is 3.56. The SMILES string of the molecule is CC(=O)OCCCCCCCCCOc1ccc(Cl)cc1N. The highest BCUT2D eigenvalue weighted by Gasteiger charge is 2.01. The molecule has 0 heterocycles. The molecule has 1 rings (SSSR count). The average molecular weight is 328 g/mol. The quantitative estimate of drug-likeness (QED) is 0.366. The number of hydrogen-bond acceptors (Lipinski definition) is 4. The van der Waals surface area contributed by atoms with Gasteiger partial charge in [-0.05, 0) is 31.0 Å². The minimum Gasteiger partial charge on any atom is -0.491 e. The number of unbranched alkanes of at least 4 members (excludes halogenated alkanes) is 6. The molecule has 0 spiro atoms. The lowest BCUT2D eigenvalue weighted by Crippen LogP contribution is -2.00. The smallest absolute Gasteiger partial charge is 0.302 e. The second kappa shape index (κ2) is 11.2. The summed E-state index contributed by atoms with van der Waals surface area (Å²) in [5.41, 5.74) is 6.40. The van der Waals surface area contributed by atoms with E-state index in [1.165, 1.54) is 26.2 Å². The van der Waals surface area contributed by atoms with Gasteiger partial charge in [0.25, 0.3) is 0 Å². The summed E-state index contributed by atoms with van der Waals surface area (Å²) >= 11 is 5.84. The van der Waals surface area contributed by atoms with Crippen molar-refractivity contribution in [3.63, 3.8) is 0 Å². The Hall–Kier alpha value is -1.42. The molecule has 0 aliphatic carbocycles. The third-order valence-electron chi connectivity index (χ3n) is 3.32. The van der Waals surface area contributed by atoms with E-state index in [4.69, 9.17) is 26.8 Å². The molecule has 5 heteroatoms. The highest BCUT2D eigenvalue weighted by molar-refractivity contribution is 6.30. The molecule has 0 aliphatic heterocycles. The molecular weight excluding hydrogens is 302 g/mol. The average Bonchev–Trinajstić information content (AvgIpc) is 2.46. The highest BCUT2D eigenvalue weighted by Crippen LogP contribution is 2.25. The number of nitrogens with two attached hydrogens (primary N) is 1. The van der Waals surface area contributed by atoms with E-state index in [2.05, 4.69) is 0 Å². The van der Waals surface area contributed by atoms with Crippen molar-refractivity contribution in [2.75, 3.05) is 18.9 Å². The number of halogens is 1. The van der Waals surface area contributed by atoms with Crippen LogP contribution in [-0.4, -0.2) is 19.2 Å². The number of anilines is 1. The zero-order valence-corrected chi connectivity index (χ0v) is 14.0. The van der Waals surface area contributed by atoms with Crippen LogP contribution in [0.5, 0.6) is 5.75 Å². The molecule has 0 saturated heterocycles. The van der Waals surface area contributed by atoms with Crippen LogP contribution < -0.4 is 10.5 Å². The van der Waals surface area contributed by atoms with Crippen molar-refractivity contribution >= 4 is 23.3 Å². The topological polar surface area (TPSA) is 61.5 Å². The lowest BCUT2D eigenvalue weighted by Gasteiger charge is -2.09. The normalized spacial score (nSPS) is 10.5. The van der Waals surface area contributed by atoms with Crippen LogP contribution in [0.4, 0.5) is 5.69 Å². The Bertz CT molecular complexity index is 452. The van der Waals surface area contributed by atoms with Gasteiger partial charge in [-0.2, -0.15) is 0 Å². The Kier molecular flexibility index (Phi) is 9.47. The minimum atomic E-state index is -0.193. The predicted octanol–water partition coefficient (Wildman–Crippen LogP) is 4.59. The van der Waals surface area contributed by atoms with Crippen LogP contribution in [0.3, 0.4) is 0 Å². The van der Waals surface area contributed by atoms with Gasteiger partial charge in [-0.15, -0.1) is 0 Å². The maximum Gasteiger partial charge on any atom is 0.302 e. The largest absolute Gasteiger partial charge is 0.491 e. The summed E-state index contributed by atoms with van der Waals surface area (Å²) in [4.78, 5) is 10.6. The molecular formula is C17H26ClNO3. The van der Waals surface area contributed by atoms with Crippen LogP contribution in [0.2, 0.25) is 5.02 Å². The van der Waals surface area contributed by atoms with E-state index >= 15 is 0 Å². The van der Waals surface area contributed by atoms with Crippen molar-refractivity contribution in [3.05, 3.63) is 23.2 Å². The van der Waals surface area contributed by atoms with Crippen molar-refractivity contribution in [3.8, 4) is 5.75 Å². The Labute approximate surface area is 137 Å². The van der Waals surface area contributed by atoms with Gasteiger partial charge in [-0.25, -0.2) is 0 Å². The molecule has 1 aromatic carbocycles. The lowest BCUT2D eigenvalue weighted by atomic mass is 10.1. The lowest BCUT2D eigenvalue weighted by molar-refractivity contribution is -0.141. The molecule has 1 aromatic rings. The van der Waals surface area contributed by atoms with Gasteiger partial charge in [0.2, 0.25) is 0 Å². The zero-order chi connectivity index (χ0) is 16.2. The van der Waals surface area contributed by atoms with E-state index in [0.717, 1.165) is 25.7 Å². The molecule has 2 N–H and O–H groups in total. The summed E-state index contributed by atoms with van der Waals surface area (Å²) in [5.74, 6) is 0.510. The van der Waals surface area contributed by atoms with E-state index in [1.807, 2.05) is 0 Å². The van der Waals surface area contributed by atoms with E-state index in [0.29, 0.717) is 29.7 Å². The Balaban J connectivity index is 1.92. The van der Waals surface area contributed by atoms with Crippen molar-refractivity contribution in [1.29, 1.82) is 0 Å². The summed E-state index contributed by atoms with van der Waals surface area (Å²) in [5, 5.41) is 0.624. The van der Waals surface area contributed by atoms with E-state index in [-0.39, 0.29) is 5.97 Å². The van der Waals surface area contributed by atoms with Crippen LogP contribution in [0.25, 0.3) is 0 Å². The van der Waals surface area contributed by atoms with Crippen molar-refractivity contribution in [2.45, 2.75) is 51.9 Å². The van der Waals surface area contributed by atoms with Gasteiger partial charge in [-0.3, -0.25) is 4.79 Å². The van der Waals surface area contributed by atoms with Crippen LogP contribution in [0.15, 0.2) is 18.2 Å². The Morgan fingerprint density at radius 1 is 1.05 bits per heavy atom. The molecule has 0 radical (unpaired) electrons. The van der Waals surface area contributed by atoms with Gasteiger partial charge in [0.05, 0.1) is 18.9 Å². The number of carbonyl (C=O) groups is 1. The second-order valence-corrected chi connectivity index (χ2v) is 5.78. The summed E-state index contributed by atoms with van der Waals surface area (Å²) in [6, 6.07) is 5.29. The van der Waals surface area contributed by atoms with Gasteiger partial charge in [0.1, 0.15) is 5.75 Å². The fourth-order valence-corrected chi connectivity index (χ4v) is 2.32. The molecule has 0 unspecified atom stereocenters. The molecule has 0 aliphatic rings. The molecule has 22 heavy (non-hydrogen) atoms. The molecule has 0 amide bonds. The first-order valence-corrected chi connectivity index (χ1v) is 8.28.